The van der Waals surface area contributed by atoms with Crippen LogP contribution in [0.3, 0.4) is 0 Å². The van der Waals surface area contributed by atoms with Gasteiger partial charge < -0.3 is 5.32 Å². The molecule has 0 aliphatic carbocycles. The standard InChI is InChI=1S/C17H36N2/c1-6-7-8-9-10-11-12-19-14-15(2)18-13-16(19)17(3,4)5/h15-16,18H,6-14H2,1-5H3. The van der Waals surface area contributed by atoms with Crippen LogP contribution in [-0.2, 0) is 0 Å². The maximum atomic E-state index is 3.65. The van der Waals surface area contributed by atoms with Gasteiger partial charge in [-0.25, -0.2) is 0 Å². The minimum Gasteiger partial charge on any atom is -0.311 e. The summed E-state index contributed by atoms with van der Waals surface area (Å²) in [4.78, 5) is 2.74. The molecule has 1 aliphatic heterocycles. The van der Waals surface area contributed by atoms with E-state index in [4.69, 9.17) is 0 Å². The van der Waals surface area contributed by atoms with Crippen molar-refractivity contribution < 1.29 is 0 Å². The third-order valence-electron chi connectivity index (χ3n) is 4.41. The molecule has 0 bridgehead atoms. The van der Waals surface area contributed by atoms with E-state index in [0.29, 0.717) is 17.5 Å². The predicted octanol–water partition coefficient (Wildman–Crippen LogP) is 4.06. The minimum atomic E-state index is 0.384. The molecule has 0 aromatic carbocycles. The van der Waals surface area contributed by atoms with Crippen LogP contribution >= 0.6 is 0 Å². The van der Waals surface area contributed by atoms with E-state index in [1.54, 1.807) is 0 Å². The zero-order valence-electron chi connectivity index (χ0n) is 14.0. The number of nitrogens with zero attached hydrogens (tertiary/aromatic N) is 1. The molecular formula is C17H36N2. The van der Waals surface area contributed by atoms with E-state index in [9.17, 15) is 0 Å². The first kappa shape index (κ1) is 17.0. The largest absolute Gasteiger partial charge is 0.311 e. The highest BCUT2D eigenvalue weighted by Crippen LogP contribution is 2.26. The van der Waals surface area contributed by atoms with E-state index in [-0.39, 0.29) is 0 Å². The molecule has 0 saturated carbocycles. The first-order valence-electron chi connectivity index (χ1n) is 8.42. The Hall–Kier alpha value is -0.0800. The Labute approximate surface area is 121 Å². The smallest absolute Gasteiger partial charge is 0.0269 e. The lowest BCUT2D eigenvalue weighted by molar-refractivity contribution is 0.0575. The lowest BCUT2D eigenvalue weighted by Crippen LogP contribution is -2.59. The van der Waals surface area contributed by atoms with Crippen molar-refractivity contribution in [3.8, 4) is 0 Å². The second-order valence-corrected chi connectivity index (χ2v) is 7.45. The first-order valence-corrected chi connectivity index (χ1v) is 8.42. The lowest BCUT2D eigenvalue weighted by Gasteiger charge is -2.46. The van der Waals surface area contributed by atoms with Crippen molar-refractivity contribution in [2.75, 3.05) is 19.6 Å². The average molecular weight is 268 g/mol. The fraction of sp³-hybridized carbons (Fsp3) is 1.00. The predicted molar refractivity (Wildman–Crippen MR) is 85.7 cm³/mol. The number of nitrogens with one attached hydrogen (secondary N) is 1. The highest BCUT2D eigenvalue weighted by Gasteiger charge is 2.33. The Kier molecular flexibility index (Phi) is 7.38. The van der Waals surface area contributed by atoms with E-state index < -0.39 is 0 Å². The molecule has 2 unspecified atom stereocenters. The molecule has 0 amide bonds. The monoisotopic (exact) mass is 268 g/mol. The first-order chi connectivity index (χ1) is 8.95. The van der Waals surface area contributed by atoms with Crippen molar-refractivity contribution in [3.05, 3.63) is 0 Å². The number of hydrogen-bond donors (Lipinski definition) is 1. The van der Waals surface area contributed by atoms with Crippen LogP contribution in [0.5, 0.6) is 0 Å². The normalized spacial score (nSPS) is 25.7. The summed E-state index contributed by atoms with van der Waals surface area (Å²) < 4.78 is 0. The summed E-state index contributed by atoms with van der Waals surface area (Å²) in [7, 11) is 0. The zero-order valence-corrected chi connectivity index (χ0v) is 14.0. The van der Waals surface area contributed by atoms with Crippen LogP contribution in [-0.4, -0.2) is 36.6 Å². The fourth-order valence-electron chi connectivity index (χ4n) is 3.18. The van der Waals surface area contributed by atoms with Gasteiger partial charge in [0.1, 0.15) is 0 Å². The molecule has 1 saturated heterocycles. The third-order valence-corrected chi connectivity index (χ3v) is 4.41. The maximum Gasteiger partial charge on any atom is 0.0269 e. The van der Waals surface area contributed by atoms with Crippen LogP contribution in [0, 0.1) is 5.41 Å². The van der Waals surface area contributed by atoms with Gasteiger partial charge in [0.15, 0.2) is 0 Å². The molecule has 19 heavy (non-hydrogen) atoms. The van der Waals surface area contributed by atoms with Crippen molar-refractivity contribution in [2.24, 2.45) is 5.41 Å². The highest BCUT2D eigenvalue weighted by atomic mass is 15.2. The summed E-state index contributed by atoms with van der Waals surface area (Å²) in [6.07, 6.45) is 8.40. The van der Waals surface area contributed by atoms with E-state index in [1.807, 2.05) is 0 Å². The summed E-state index contributed by atoms with van der Waals surface area (Å²) in [6, 6.07) is 1.35. The molecule has 1 fully saturated rings. The van der Waals surface area contributed by atoms with Crippen LogP contribution in [0.1, 0.15) is 73.1 Å². The van der Waals surface area contributed by atoms with Crippen molar-refractivity contribution in [2.45, 2.75) is 85.2 Å². The van der Waals surface area contributed by atoms with Gasteiger partial charge >= 0.3 is 0 Å². The molecular weight excluding hydrogens is 232 g/mol. The van der Waals surface area contributed by atoms with Crippen molar-refractivity contribution in [1.29, 1.82) is 0 Å². The number of hydrogen-bond acceptors (Lipinski definition) is 2. The van der Waals surface area contributed by atoms with Crippen LogP contribution in [0.2, 0.25) is 0 Å². The summed E-state index contributed by atoms with van der Waals surface area (Å²) in [5, 5.41) is 3.65. The molecule has 2 nitrogen and oxygen atoms in total. The molecule has 114 valence electrons. The SMILES string of the molecule is CCCCCCCCN1CC(C)NCC1C(C)(C)C. The topological polar surface area (TPSA) is 15.3 Å². The second-order valence-electron chi connectivity index (χ2n) is 7.45. The highest BCUT2D eigenvalue weighted by molar-refractivity contribution is 4.91. The minimum absolute atomic E-state index is 0.384. The van der Waals surface area contributed by atoms with Gasteiger partial charge in [-0.3, -0.25) is 4.90 Å². The number of piperazine rings is 1. The van der Waals surface area contributed by atoms with Crippen LogP contribution in [0.15, 0.2) is 0 Å². The maximum absolute atomic E-state index is 3.65. The van der Waals surface area contributed by atoms with E-state index in [2.05, 4.69) is 44.8 Å². The van der Waals surface area contributed by atoms with Gasteiger partial charge in [0.05, 0.1) is 0 Å². The van der Waals surface area contributed by atoms with Crippen molar-refractivity contribution in [1.82, 2.24) is 10.2 Å². The van der Waals surface area contributed by atoms with Crippen LogP contribution in [0.4, 0.5) is 0 Å². The van der Waals surface area contributed by atoms with Gasteiger partial charge in [-0.2, -0.15) is 0 Å². The third kappa shape index (κ3) is 6.27. The van der Waals surface area contributed by atoms with Gasteiger partial charge in [-0.1, -0.05) is 59.8 Å². The molecule has 2 heteroatoms. The molecule has 0 aromatic rings. The number of unbranched alkanes of at least 4 members (excludes halogenated alkanes) is 5. The van der Waals surface area contributed by atoms with Gasteiger partial charge in [-0.05, 0) is 25.3 Å². The van der Waals surface area contributed by atoms with Gasteiger partial charge in [0, 0.05) is 25.2 Å². The summed E-state index contributed by atoms with van der Waals surface area (Å²) in [5.41, 5.74) is 0.384. The zero-order chi connectivity index (χ0) is 14.3. The molecule has 1 heterocycles. The fourth-order valence-corrected chi connectivity index (χ4v) is 3.18. The molecule has 1 N–H and O–H groups in total. The molecule has 0 radical (unpaired) electrons. The van der Waals surface area contributed by atoms with E-state index >= 15 is 0 Å². The Balaban J connectivity index is 2.30. The lowest BCUT2D eigenvalue weighted by atomic mass is 9.84. The summed E-state index contributed by atoms with van der Waals surface area (Å²) in [6.45, 7) is 15.4. The summed E-state index contributed by atoms with van der Waals surface area (Å²) >= 11 is 0. The molecule has 0 spiro atoms. The van der Waals surface area contributed by atoms with E-state index in [1.165, 1.54) is 51.6 Å². The van der Waals surface area contributed by atoms with Crippen LogP contribution < -0.4 is 5.32 Å². The Morgan fingerprint density at radius 1 is 1.05 bits per heavy atom. The number of rotatable bonds is 7. The average Bonchev–Trinajstić information content (AvgIpc) is 2.32. The molecule has 1 rings (SSSR count). The molecule has 2 atom stereocenters. The quantitative estimate of drug-likeness (QED) is 0.701. The van der Waals surface area contributed by atoms with Gasteiger partial charge in [0.25, 0.3) is 0 Å². The van der Waals surface area contributed by atoms with Crippen molar-refractivity contribution >= 4 is 0 Å². The van der Waals surface area contributed by atoms with Gasteiger partial charge in [-0.15, -0.1) is 0 Å². The Morgan fingerprint density at radius 2 is 1.68 bits per heavy atom. The second kappa shape index (κ2) is 8.26. The van der Waals surface area contributed by atoms with E-state index in [0.717, 1.165) is 6.54 Å². The van der Waals surface area contributed by atoms with Crippen molar-refractivity contribution in [3.63, 3.8) is 0 Å². The molecule has 1 aliphatic rings. The molecule has 0 aromatic heterocycles. The Bertz CT molecular complexity index is 232. The summed E-state index contributed by atoms with van der Waals surface area (Å²) in [5.74, 6) is 0. The van der Waals surface area contributed by atoms with Gasteiger partial charge in [0.2, 0.25) is 0 Å². The Morgan fingerprint density at radius 3 is 2.32 bits per heavy atom. The van der Waals surface area contributed by atoms with Crippen LogP contribution in [0.25, 0.3) is 0 Å².